The van der Waals surface area contributed by atoms with Crippen molar-refractivity contribution in [3.8, 4) is 22.5 Å². The smallest absolute Gasteiger partial charge is 0.337 e. The van der Waals surface area contributed by atoms with Gasteiger partial charge in [0, 0.05) is 41.7 Å². The van der Waals surface area contributed by atoms with Crippen molar-refractivity contribution >= 4 is 17.6 Å². The molecule has 0 saturated heterocycles. The molecule has 3 heterocycles. The van der Waals surface area contributed by atoms with Gasteiger partial charge in [-0.3, -0.25) is 20.1 Å². The molecule has 0 spiro atoms. The quantitative estimate of drug-likeness (QED) is 0.246. The fourth-order valence-corrected chi connectivity index (χ4v) is 4.19. The highest BCUT2D eigenvalue weighted by Crippen LogP contribution is 2.28. The Morgan fingerprint density at radius 1 is 1.05 bits per heavy atom. The summed E-state index contributed by atoms with van der Waals surface area (Å²) >= 11 is 0. The second-order valence-corrected chi connectivity index (χ2v) is 8.65. The summed E-state index contributed by atoms with van der Waals surface area (Å²) in [5.41, 5.74) is 11.0. The van der Waals surface area contributed by atoms with Crippen LogP contribution in [0.4, 0.5) is 0 Å². The minimum absolute atomic E-state index is 0.0443. The van der Waals surface area contributed by atoms with E-state index in [4.69, 9.17) is 9.57 Å². The predicted molar refractivity (Wildman–Crippen MR) is 140 cm³/mol. The van der Waals surface area contributed by atoms with E-state index in [0.29, 0.717) is 30.0 Å². The van der Waals surface area contributed by atoms with Gasteiger partial charge in [-0.25, -0.2) is 4.79 Å². The molecule has 1 amide bonds. The molecule has 0 atom stereocenters. The fourth-order valence-electron chi connectivity index (χ4n) is 4.19. The summed E-state index contributed by atoms with van der Waals surface area (Å²) in [5, 5.41) is 2.88. The lowest BCUT2D eigenvalue weighted by Crippen LogP contribution is -2.31. The van der Waals surface area contributed by atoms with Crippen LogP contribution in [0, 0.1) is 0 Å². The number of hydroxylamine groups is 1. The highest BCUT2D eigenvalue weighted by molar-refractivity contribution is 5.97. The van der Waals surface area contributed by atoms with Gasteiger partial charge >= 0.3 is 5.97 Å². The molecule has 5 rings (SSSR count). The van der Waals surface area contributed by atoms with Gasteiger partial charge in [0.15, 0.2) is 0 Å². The SMILES string of the molecule is C=C(NOCc1ccc(C(=O)OC)cc1)c1cccc(-c2cc(-c3cc4c([nH]3)CCNC4=O)ccn2)c1. The Morgan fingerprint density at radius 2 is 1.89 bits per heavy atom. The summed E-state index contributed by atoms with van der Waals surface area (Å²) in [7, 11) is 1.35. The van der Waals surface area contributed by atoms with Gasteiger partial charge in [0.1, 0.15) is 0 Å². The minimum Gasteiger partial charge on any atom is -0.465 e. The average molecular weight is 495 g/mol. The average Bonchev–Trinajstić information content (AvgIpc) is 3.39. The third-order valence-electron chi connectivity index (χ3n) is 6.19. The zero-order valence-corrected chi connectivity index (χ0v) is 20.3. The van der Waals surface area contributed by atoms with Crippen LogP contribution in [-0.4, -0.2) is 35.5 Å². The molecule has 2 aromatic carbocycles. The van der Waals surface area contributed by atoms with Gasteiger partial charge in [-0.1, -0.05) is 36.9 Å². The second-order valence-electron chi connectivity index (χ2n) is 8.65. The van der Waals surface area contributed by atoms with E-state index in [2.05, 4.69) is 27.3 Å². The third-order valence-corrected chi connectivity index (χ3v) is 6.19. The van der Waals surface area contributed by atoms with E-state index in [1.165, 1.54) is 7.11 Å². The first-order valence-corrected chi connectivity index (χ1v) is 11.8. The molecule has 8 heteroatoms. The van der Waals surface area contributed by atoms with E-state index < -0.39 is 0 Å². The zero-order valence-electron chi connectivity index (χ0n) is 20.3. The van der Waals surface area contributed by atoms with Crippen LogP contribution in [0.1, 0.15) is 37.5 Å². The summed E-state index contributed by atoms with van der Waals surface area (Å²) in [6, 6.07) is 20.7. The van der Waals surface area contributed by atoms with Crippen LogP contribution >= 0.6 is 0 Å². The van der Waals surface area contributed by atoms with Crippen molar-refractivity contribution in [3.05, 3.63) is 107 Å². The van der Waals surface area contributed by atoms with Crippen LogP contribution in [0.5, 0.6) is 0 Å². The summed E-state index contributed by atoms with van der Waals surface area (Å²) < 4.78 is 4.71. The first kappa shape index (κ1) is 24.0. The molecule has 8 nitrogen and oxygen atoms in total. The molecular formula is C29H26N4O4. The second kappa shape index (κ2) is 10.5. The number of esters is 1. The minimum atomic E-state index is -0.377. The van der Waals surface area contributed by atoms with Crippen LogP contribution in [0.2, 0.25) is 0 Å². The van der Waals surface area contributed by atoms with Gasteiger partial charge in [-0.05, 0) is 47.5 Å². The molecule has 0 radical (unpaired) electrons. The molecule has 2 aromatic heterocycles. The Labute approximate surface area is 214 Å². The monoisotopic (exact) mass is 494 g/mol. The standard InChI is InChI=1S/C29H26N4O4/c1-18(33-37-17-19-6-8-20(9-7-19)29(35)36-2)21-4-3-5-22(14-21)26-15-23(10-12-30-26)27-16-24-25(32-27)11-13-31-28(24)34/h3-10,12,14-16,32-33H,1,11,13,17H2,2H3,(H,31,34). The number of H-pyrrole nitrogens is 1. The van der Waals surface area contributed by atoms with Gasteiger partial charge in [-0.15, -0.1) is 0 Å². The Bertz CT molecular complexity index is 1470. The number of carbonyl (C=O) groups is 2. The number of hydrogen-bond donors (Lipinski definition) is 3. The summed E-state index contributed by atoms with van der Waals surface area (Å²) in [6.45, 7) is 5.02. The Hall–Kier alpha value is -4.69. The summed E-state index contributed by atoms with van der Waals surface area (Å²) in [6.07, 6.45) is 2.55. The highest BCUT2D eigenvalue weighted by atomic mass is 16.6. The first-order valence-electron chi connectivity index (χ1n) is 11.8. The molecule has 0 unspecified atom stereocenters. The molecule has 0 saturated carbocycles. The van der Waals surface area contributed by atoms with Crippen molar-refractivity contribution in [2.24, 2.45) is 0 Å². The van der Waals surface area contributed by atoms with E-state index >= 15 is 0 Å². The van der Waals surface area contributed by atoms with Crippen LogP contribution in [0.3, 0.4) is 0 Å². The number of fused-ring (bicyclic) bond motifs is 1. The number of carbonyl (C=O) groups excluding carboxylic acids is 2. The third kappa shape index (κ3) is 5.29. The molecule has 1 aliphatic rings. The largest absolute Gasteiger partial charge is 0.465 e. The molecule has 1 aliphatic heterocycles. The summed E-state index contributed by atoms with van der Waals surface area (Å²) in [5.74, 6) is -0.421. The van der Waals surface area contributed by atoms with E-state index in [-0.39, 0.29) is 11.9 Å². The molecule has 0 bridgehead atoms. The lowest BCUT2D eigenvalue weighted by Gasteiger charge is -2.12. The fraction of sp³-hybridized carbons (Fsp3) is 0.138. The van der Waals surface area contributed by atoms with E-state index in [1.54, 1.807) is 18.3 Å². The number of benzene rings is 2. The highest BCUT2D eigenvalue weighted by Gasteiger charge is 2.20. The number of aromatic nitrogens is 2. The normalized spacial score (nSPS) is 12.4. The number of methoxy groups -OCH3 is 1. The van der Waals surface area contributed by atoms with Crippen LogP contribution in [0.25, 0.3) is 28.2 Å². The van der Waals surface area contributed by atoms with Gasteiger partial charge in [0.2, 0.25) is 0 Å². The number of rotatable bonds is 8. The maximum absolute atomic E-state index is 12.1. The molecule has 3 N–H and O–H groups in total. The van der Waals surface area contributed by atoms with Crippen molar-refractivity contribution in [2.45, 2.75) is 13.0 Å². The molecule has 0 aliphatic carbocycles. The lowest BCUT2D eigenvalue weighted by molar-refractivity contribution is 0.0598. The number of hydrogen-bond acceptors (Lipinski definition) is 6. The van der Waals surface area contributed by atoms with E-state index in [9.17, 15) is 9.59 Å². The molecule has 186 valence electrons. The Kier molecular flexibility index (Phi) is 6.83. The van der Waals surface area contributed by atoms with Gasteiger partial charge < -0.3 is 15.0 Å². The molecule has 0 fully saturated rings. The number of nitrogens with zero attached hydrogens (tertiary/aromatic N) is 1. The van der Waals surface area contributed by atoms with Crippen LogP contribution < -0.4 is 10.8 Å². The van der Waals surface area contributed by atoms with Gasteiger partial charge in [0.25, 0.3) is 5.91 Å². The maximum Gasteiger partial charge on any atom is 0.337 e. The van der Waals surface area contributed by atoms with Crippen molar-refractivity contribution in [1.82, 2.24) is 20.8 Å². The van der Waals surface area contributed by atoms with Crippen molar-refractivity contribution in [2.75, 3.05) is 13.7 Å². The predicted octanol–water partition coefficient (Wildman–Crippen LogP) is 4.51. The van der Waals surface area contributed by atoms with Gasteiger partial charge in [-0.2, -0.15) is 0 Å². The Morgan fingerprint density at radius 3 is 2.68 bits per heavy atom. The van der Waals surface area contributed by atoms with Crippen LogP contribution in [0.15, 0.2) is 79.5 Å². The van der Waals surface area contributed by atoms with Crippen molar-refractivity contribution < 1.29 is 19.2 Å². The molecular weight excluding hydrogens is 468 g/mol. The number of nitrogens with one attached hydrogen (secondary N) is 3. The Balaban J connectivity index is 1.26. The van der Waals surface area contributed by atoms with Crippen molar-refractivity contribution in [3.63, 3.8) is 0 Å². The number of pyridine rings is 1. The van der Waals surface area contributed by atoms with E-state index in [1.807, 2.05) is 54.6 Å². The topological polar surface area (TPSA) is 105 Å². The molecule has 4 aromatic rings. The number of ether oxygens (including phenoxy) is 1. The molecule has 37 heavy (non-hydrogen) atoms. The van der Waals surface area contributed by atoms with Crippen molar-refractivity contribution in [1.29, 1.82) is 0 Å². The summed E-state index contributed by atoms with van der Waals surface area (Å²) in [4.78, 5) is 37.3. The first-order chi connectivity index (χ1) is 18.0. The van der Waals surface area contributed by atoms with Crippen LogP contribution in [-0.2, 0) is 22.6 Å². The van der Waals surface area contributed by atoms with E-state index in [0.717, 1.165) is 45.8 Å². The lowest BCUT2D eigenvalue weighted by atomic mass is 10.0. The zero-order chi connectivity index (χ0) is 25.8. The maximum atomic E-state index is 12.1. The van der Waals surface area contributed by atoms with Gasteiger partial charge in [0.05, 0.1) is 36.2 Å². The number of amides is 1. The number of aromatic amines is 1.